The molecule has 3 N–H and O–H groups in total. The van der Waals surface area contributed by atoms with Crippen molar-refractivity contribution in [1.29, 1.82) is 0 Å². The van der Waals surface area contributed by atoms with Crippen molar-refractivity contribution in [3.63, 3.8) is 0 Å². The highest BCUT2D eigenvalue weighted by molar-refractivity contribution is 9.10. The predicted molar refractivity (Wildman–Crippen MR) is 69.7 cm³/mol. The van der Waals surface area contributed by atoms with Crippen molar-refractivity contribution < 1.29 is 9.84 Å². The minimum atomic E-state index is 0.0126. The van der Waals surface area contributed by atoms with E-state index in [0.29, 0.717) is 10.2 Å². The number of methoxy groups -OCH3 is 1. The van der Waals surface area contributed by atoms with Gasteiger partial charge in [0.05, 0.1) is 11.6 Å². The van der Waals surface area contributed by atoms with Gasteiger partial charge in [-0.1, -0.05) is 11.6 Å². The molecule has 0 saturated carbocycles. The Balaban J connectivity index is 3.17. The molecule has 0 radical (unpaired) electrons. The Morgan fingerprint density at radius 3 is 2.69 bits per heavy atom. The van der Waals surface area contributed by atoms with Crippen LogP contribution in [0.4, 0.5) is 0 Å². The van der Waals surface area contributed by atoms with E-state index in [-0.39, 0.29) is 11.8 Å². The van der Waals surface area contributed by atoms with Gasteiger partial charge in [-0.2, -0.15) is 0 Å². The van der Waals surface area contributed by atoms with Gasteiger partial charge in [0, 0.05) is 6.04 Å². The maximum Gasteiger partial charge on any atom is 0.172 e. The van der Waals surface area contributed by atoms with Crippen LogP contribution in [0.3, 0.4) is 0 Å². The average Bonchev–Trinajstić information content (AvgIpc) is 2.22. The van der Waals surface area contributed by atoms with Crippen molar-refractivity contribution in [2.45, 2.75) is 19.9 Å². The van der Waals surface area contributed by atoms with E-state index in [2.05, 4.69) is 15.9 Å². The summed E-state index contributed by atoms with van der Waals surface area (Å²) in [5.74, 6) is 0.552. The Labute approximate surface area is 104 Å². The number of hydrogen-bond donors (Lipinski definition) is 2. The second-order valence-corrected chi connectivity index (χ2v) is 4.58. The Hall–Kier alpha value is -1.00. The van der Waals surface area contributed by atoms with Crippen LogP contribution in [0.1, 0.15) is 19.4 Å². The smallest absolute Gasteiger partial charge is 0.172 e. The molecule has 0 saturated heterocycles. The zero-order chi connectivity index (χ0) is 12.3. The fourth-order valence-corrected chi connectivity index (χ4v) is 1.69. The highest BCUT2D eigenvalue weighted by Crippen LogP contribution is 2.35. The molecule has 0 bridgehead atoms. The van der Waals surface area contributed by atoms with Crippen molar-refractivity contribution >= 4 is 22.0 Å². The van der Waals surface area contributed by atoms with Crippen LogP contribution in [-0.2, 0) is 0 Å². The van der Waals surface area contributed by atoms with E-state index in [1.165, 1.54) is 7.11 Å². The molecular weight excluding hydrogens is 270 g/mol. The molecule has 3 nitrogen and oxygen atoms in total. The molecule has 88 valence electrons. The monoisotopic (exact) mass is 285 g/mol. The van der Waals surface area contributed by atoms with E-state index >= 15 is 0 Å². The molecule has 16 heavy (non-hydrogen) atoms. The van der Waals surface area contributed by atoms with Crippen LogP contribution in [0.2, 0.25) is 0 Å². The first-order valence-corrected chi connectivity index (χ1v) is 5.75. The minimum Gasteiger partial charge on any atom is -0.503 e. The molecule has 1 unspecified atom stereocenters. The van der Waals surface area contributed by atoms with Gasteiger partial charge in [0.15, 0.2) is 11.5 Å². The van der Waals surface area contributed by atoms with Crippen molar-refractivity contribution in [3.05, 3.63) is 27.7 Å². The molecule has 1 aromatic rings. The quantitative estimate of drug-likeness (QED) is 0.898. The molecule has 0 aliphatic rings. The molecule has 1 aromatic carbocycles. The third kappa shape index (κ3) is 3.00. The van der Waals surface area contributed by atoms with Crippen LogP contribution in [0.25, 0.3) is 6.08 Å². The highest BCUT2D eigenvalue weighted by Gasteiger charge is 2.08. The maximum absolute atomic E-state index is 9.65. The first kappa shape index (κ1) is 13.1. The van der Waals surface area contributed by atoms with Crippen molar-refractivity contribution in [1.82, 2.24) is 0 Å². The molecular formula is C12H16BrNO2. The number of rotatable bonds is 3. The number of halogens is 1. The second kappa shape index (κ2) is 5.37. The molecule has 0 aliphatic heterocycles. The topological polar surface area (TPSA) is 55.5 Å². The summed E-state index contributed by atoms with van der Waals surface area (Å²) in [5, 5.41) is 9.65. The van der Waals surface area contributed by atoms with Gasteiger partial charge >= 0.3 is 0 Å². The first-order chi connectivity index (χ1) is 7.45. The van der Waals surface area contributed by atoms with Crippen LogP contribution in [0.15, 0.2) is 22.2 Å². The van der Waals surface area contributed by atoms with Crippen molar-refractivity contribution in [2.75, 3.05) is 7.11 Å². The summed E-state index contributed by atoms with van der Waals surface area (Å²) in [4.78, 5) is 0. The van der Waals surface area contributed by atoms with Crippen LogP contribution in [0.5, 0.6) is 11.5 Å². The van der Waals surface area contributed by atoms with E-state index in [1.54, 1.807) is 6.07 Å². The van der Waals surface area contributed by atoms with E-state index in [0.717, 1.165) is 11.1 Å². The van der Waals surface area contributed by atoms with Gasteiger partial charge in [0.25, 0.3) is 0 Å². The molecule has 4 heteroatoms. The summed E-state index contributed by atoms with van der Waals surface area (Å²) in [7, 11) is 1.52. The molecule has 0 heterocycles. The lowest BCUT2D eigenvalue weighted by atomic mass is 10.1. The SMILES string of the molecule is COc1cc(/C=C(/C)C(C)N)cc(Br)c1O. The lowest BCUT2D eigenvalue weighted by Gasteiger charge is -2.09. The third-order valence-corrected chi connectivity index (χ3v) is 2.99. The Kier molecular flexibility index (Phi) is 4.38. The summed E-state index contributed by atoms with van der Waals surface area (Å²) >= 11 is 3.27. The number of aromatic hydroxyl groups is 1. The largest absolute Gasteiger partial charge is 0.503 e. The predicted octanol–water partition coefficient (Wildman–Crippen LogP) is 2.91. The molecule has 1 rings (SSSR count). The van der Waals surface area contributed by atoms with Gasteiger partial charge < -0.3 is 15.6 Å². The van der Waals surface area contributed by atoms with Gasteiger partial charge in [-0.15, -0.1) is 0 Å². The molecule has 1 atom stereocenters. The average molecular weight is 286 g/mol. The molecule has 0 amide bonds. The van der Waals surface area contributed by atoms with Crippen LogP contribution in [-0.4, -0.2) is 18.3 Å². The number of phenols is 1. The first-order valence-electron chi connectivity index (χ1n) is 4.96. The summed E-state index contributed by atoms with van der Waals surface area (Å²) in [6.07, 6.45) is 1.97. The minimum absolute atomic E-state index is 0.0126. The van der Waals surface area contributed by atoms with Gasteiger partial charge in [0.2, 0.25) is 0 Å². The molecule has 0 fully saturated rings. The van der Waals surface area contributed by atoms with Crippen LogP contribution in [0, 0.1) is 0 Å². The number of benzene rings is 1. The van der Waals surface area contributed by atoms with E-state index in [4.69, 9.17) is 10.5 Å². The summed E-state index contributed by atoms with van der Waals surface area (Å²) in [5.41, 5.74) is 7.77. The Bertz CT molecular complexity index is 414. The standard InChI is InChI=1S/C12H16BrNO2/c1-7(8(2)14)4-9-5-10(13)12(15)11(6-9)16-3/h4-6,8,15H,14H2,1-3H3/b7-4-. The van der Waals surface area contributed by atoms with Crippen LogP contribution < -0.4 is 10.5 Å². The summed E-state index contributed by atoms with van der Waals surface area (Å²) in [6.45, 7) is 3.90. The van der Waals surface area contributed by atoms with Crippen molar-refractivity contribution in [3.8, 4) is 11.5 Å². The molecule has 0 spiro atoms. The molecule has 0 aliphatic carbocycles. The fraction of sp³-hybridized carbons (Fsp3) is 0.333. The number of hydrogen-bond acceptors (Lipinski definition) is 3. The second-order valence-electron chi connectivity index (χ2n) is 3.73. The summed E-state index contributed by atoms with van der Waals surface area (Å²) in [6, 6.07) is 3.61. The van der Waals surface area contributed by atoms with Gasteiger partial charge in [0.1, 0.15) is 0 Å². The van der Waals surface area contributed by atoms with Gasteiger partial charge in [-0.25, -0.2) is 0 Å². The lowest BCUT2D eigenvalue weighted by Crippen LogP contribution is -2.15. The Morgan fingerprint density at radius 2 is 2.19 bits per heavy atom. The number of nitrogens with two attached hydrogens (primary N) is 1. The fourth-order valence-electron chi connectivity index (χ4n) is 1.23. The number of ether oxygens (including phenoxy) is 1. The summed E-state index contributed by atoms with van der Waals surface area (Å²) < 4.78 is 5.68. The zero-order valence-corrected chi connectivity index (χ0v) is 11.2. The van der Waals surface area contributed by atoms with Gasteiger partial charge in [-0.3, -0.25) is 0 Å². The maximum atomic E-state index is 9.65. The third-order valence-electron chi connectivity index (χ3n) is 2.38. The van der Waals surface area contributed by atoms with Crippen molar-refractivity contribution in [2.24, 2.45) is 5.73 Å². The normalized spacial score (nSPS) is 13.7. The zero-order valence-electron chi connectivity index (χ0n) is 9.62. The van der Waals surface area contributed by atoms with E-state index in [1.807, 2.05) is 26.0 Å². The van der Waals surface area contributed by atoms with Crippen LogP contribution >= 0.6 is 15.9 Å². The van der Waals surface area contributed by atoms with Gasteiger partial charge in [-0.05, 0) is 47.5 Å². The van der Waals surface area contributed by atoms with E-state index < -0.39 is 0 Å². The number of phenolic OH excluding ortho intramolecular Hbond substituents is 1. The highest BCUT2D eigenvalue weighted by atomic mass is 79.9. The Morgan fingerprint density at radius 1 is 1.56 bits per heavy atom. The lowest BCUT2D eigenvalue weighted by molar-refractivity contribution is 0.372. The molecule has 0 aromatic heterocycles. The van der Waals surface area contributed by atoms with E-state index in [9.17, 15) is 5.11 Å².